The second-order valence-electron chi connectivity index (χ2n) is 8.12. The minimum atomic E-state index is -0.472. The molecule has 0 spiro atoms. The van der Waals surface area contributed by atoms with E-state index in [-0.39, 0.29) is 40.6 Å². The number of benzene rings is 1. The van der Waals surface area contributed by atoms with Gasteiger partial charge in [0.2, 0.25) is 0 Å². The number of pyridine rings is 1. The van der Waals surface area contributed by atoms with Crippen LogP contribution in [0.2, 0.25) is 0 Å². The zero-order valence-electron chi connectivity index (χ0n) is 19.2. The van der Waals surface area contributed by atoms with Crippen molar-refractivity contribution in [1.29, 1.82) is 5.26 Å². The van der Waals surface area contributed by atoms with Crippen LogP contribution in [0, 0.1) is 17.1 Å². The van der Waals surface area contributed by atoms with Crippen LogP contribution in [0.3, 0.4) is 0 Å². The molecule has 0 aliphatic heterocycles. The van der Waals surface area contributed by atoms with Crippen molar-refractivity contribution >= 4 is 28.4 Å². The Morgan fingerprint density at radius 2 is 2.11 bits per heavy atom. The summed E-state index contributed by atoms with van der Waals surface area (Å²) in [6, 6.07) is 9.80. The number of rotatable bonds is 8. The first kappa shape index (κ1) is 23.6. The number of halogens is 1. The van der Waals surface area contributed by atoms with Gasteiger partial charge >= 0.3 is 0 Å². The molecule has 10 nitrogen and oxygen atoms in total. The van der Waals surface area contributed by atoms with E-state index < -0.39 is 11.7 Å². The maximum atomic E-state index is 14.4. The number of nitrogen functional groups attached to an aromatic ring is 1. The summed E-state index contributed by atoms with van der Waals surface area (Å²) in [6.07, 6.45) is 1.55. The molecule has 1 aromatic carbocycles. The van der Waals surface area contributed by atoms with Crippen LogP contribution in [0.1, 0.15) is 52.8 Å². The minimum Gasteiger partial charge on any atom is -0.382 e. The maximum absolute atomic E-state index is 14.4. The van der Waals surface area contributed by atoms with Crippen LogP contribution >= 0.6 is 0 Å². The molecule has 4 aromatic rings. The number of amides is 1. The van der Waals surface area contributed by atoms with E-state index in [1.54, 1.807) is 18.2 Å². The lowest BCUT2D eigenvalue weighted by Crippen LogP contribution is -2.25. The van der Waals surface area contributed by atoms with Crippen molar-refractivity contribution in [3.63, 3.8) is 0 Å². The zero-order valence-corrected chi connectivity index (χ0v) is 19.2. The highest BCUT2D eigenvalue weighted by molar-refractivity contribution is 5.98. The number of anilines is 2. The summed E-state index contributed by atoms with van der Waals surface area (Å²) in [5, 5.41) is 19.3. The highest BCUT2D eigenvalue weighted by atomic mass is 19.1. The van der Waals surface area contributed by atoms with Gasteiger partial charge in [-0.1, -0.05) is 25.1 Å². The van der Waals surface area contributed by atoms with Gasteiger partial charge in [-0.15, -0.1) is 0 Å². The maximum Gasteiger partial charge on any atom is 0.253 e. The number of nitrogens with one attached hydrogen (secondary N) is 2. The molecule has 35 heavy (non-hydrogen) atoms. The Morgan fingerprint density at radius 3 is 2.86 bits per heavy atom. The van der Waals surface area contributed by atoms with Gasteiger partial charge < -0.3 is 20.9 Å². The van der Waals surface area contributed by atoms with Gasteiger partial charge in [0.05, 0.1) is 29.0 Å². The Bertz CT molecular complexity index is 1430. The van der Waals surface area contributed by atoms with E-state index in [9.17, 15) is 14.4 Å². The highest BCUT2D eigenvalue weighted by Crippen LogP contribution is 2.22. The number of carbonyl (C=O) groups excluding carboxylic acids is 1. The number of hydrogen-bond donors (Lipinski definition) is 3. The lowest BCUT2D eigenvalue weighted by atomic mass is 10.1. The quantitative estimate of drug-likeness (QED) is 0.349. The molecule has 0 saturated carbocycles. The van der Waals surface area contributed by atoms with Gasteiger partial charge in [0, 0.05) is 24.4 Å². The minimum absolute atomic E-state index is 0.0670. The molecular formula is C24H23FN8O2. The fourth-order valence-electron chi connectivity index (χ4n) is 3.48. The van der Waals surface area contributed by atoms with Crippen molar-refractivity contribution in [2.24, 2.45) is 0 Å². The van der Waals surface area contributed by atoms with E-state index in [0.29, 0.717) is 29.9 Å². The van der Waals surface area contributed by atoms with E-state index in [0.717, 1.165) is 5.69 Å². The van der Waals surface area contributed by atoms with Crippen molar-refractivity contribution in [3.05, 3.63) is 70.8 Å². The Hall–Kier alpha value is -4.59. The van der Waals surface area contributed by atoms with Crippen molar-refractivity contribution in [2.45, 2.75) is 32.7 Å². The first-order valence-electron chi connectivity index (χ1n) is 10.9. The highest BCUT2D eigenvalue weighted by Gasteiger charge is 2.18. The monoisotopic (exact) mass is 474 g/mol. The van der Waals surface area contributed by atoms with Gasteiger partial charge in [-0.2, -0.15) is 5.26 Å². The third-order valence-corrected chi connectivity index (χ3v) is 5.36. The summed E-state index contributed by atoms with van der Waals surface area (Å²) in [6.45, 7) is 4.40. The summed E-state index contributed by atoms with van der Waals surface area (Å²) in [7, 11) is 0. The summed E-state index contributed by atoms with van der Waals surface area (Å²) < 4.78 is 19.7. The molecule has 0 unspecified atom stereocenters. The van der Waals surface area contributed by atoms with Crippen LogP contribution in [0.25, 0.3) is 10.9 Å². The average Bonchev–Trinajstić information content (AvgIpc) is 3.32. The van der Waals surface area contributed by atoms with Crippen molar-refractivity contribution in [3.8, 4) is 6.07 Å². The standard InChI is InChI=1S/C24H23FN8O2/c1-13(2)21-8-14(35-33-21)11-29-24(34)16-9-15-18(25)4-3-5-19(15)32-20(16)6-7-28-23-17(10-26)22(27)30-12-31-23/h3-5,8-9,12-13H,6-7,11H2,1-2H3,(H,29,34)(H3,27,28,30,31). The molecule has 0 radical (unpaired) electrons. The first-order valence-corrected chi connectivity index (χ1v) is 10.9. The number of carbonyl (C=O) groups is 1. The fourth-order valence-corrected chi connectivity index (χ4v) is 3.48. The van der Waals surface area contributed by atoms with Crippen LogP contribution in [0.15, 0.2) is 41.2 Å². The molecule has 11 heteroatoms. The molecule has 0 atom stereocenters. The molecule has 0 aliphatic rings. The SMILES string of the molecule is CC(C)c1cc(CNC(=O)c2cc3c(F)cccc3nc2CCNc2ncnc(N)c2C#N)on1. The molecule has 4 rings (SSSR count). The first-order chi connectivity index (χ1) is 16.9. The molecular weight excluding hydrogens is 451 g/mol. The largest absolute Gasteiger partial charge is 0.382 e. The van der Waals surface area contributed by atoms with Crippen LogP contribution in [0.5, 0.6) is 0 Å². The number of nitriles is 1. The molecule has 4 N–H and O–H groups in total. The van der Waals surface area contributed by atoms with Gasteiger partial charge in [0.1, 0.15) is 35.4 Å². The van der Waals surface area contributed by atoms with Crippen LogP contribution in [-0.2, 0) is 13.0 Å². The van der Waals surface area contributed by atoms with Crippen molar-refractivity contribution < 1.29 is 13.7 Å². The van der Waals surface area contributed by atoms with E-state index in [1.807, 2.05) is 19.9 Å². The predicted octanol–water partition coefficient (Wildman–Crippen LogP) is 3.31. The topological polar surface area (TPSA) is 156 Å². The second kappa shape index (κ2) is 10.1. The summed E-state index contributed by atoms with van der Waals surface area (Å²) in [5.74, 6) is 0.156. The molecule has 3 aromatic heterocycles. The normalized spacial score (nSPS) is 10.9. The molecule has 178 valence electrons. The van der Waals surface area contributed by atoms with Gasteiger partial charge in [0.15, 0.2) is 5.76 Å². The average molecular weight is 475 g/mol. The van der Waals surface area contributed by atoms with Gasteiger partial charge in [0.25, 0.3) is 5.91 Å². The third kappa shape index (κ3) is 5.16. The molecule has 0 aliphatic carbocycles. The van der Waals surface area contributed by atoms with Gasteiger partial charge in [-0.25, -0.2) is 14.4 Å². The number of aromatic nitrogens is 4. The Kier molecular flexibility index (Phi) is 6.82. The summed E-state index contributed by atoms with van der Waals surface area (Å²) >= 11 is 0. The van der Waals surface area contributed by atoms with Crippen molar-refractivity contribution in [1.82, 2.24) is 25.4 Å². The van der Waals surface area contributed by atoms with E-state index in [1.165, 1.54) is 18.5 Å². The molecule has 3 heterocycles. The molecule has 1 amide bonds. The number of nitrogens with zero attached hydrogens (tertiary/aromatic N) is 5. The van der Waals surface area contributed by atoms with Crippen molar-refractivity contribution in [2.75, 3.05) is 17.6 Å². The molecule has 0 bridgehead atoms. The van der Waals surface area contributed by atoms with Crippen LogP contribution in [-0.4, -0.2) is 32.6 Å². The lowest BCUT2D eigenvalue weighted by molar-refractivity contribution is 0.0946. The molecule has 0 saturated heterocycles. The van der Waals surface area contributed by atoms with Gasteiger partial charge in [-0.3, -0.25) is 9.78 Å². The number of nitrogens with two attached hydrogens (primary N) is 1. The predicted molar refractivity (Wildman–Crippen MR) is 127 cm³/mol. The van der Waals surface area contributed by atoms with Crippen LogP contribution in [0.4, 0.5) is 16.0 Å². The Labute approximate surface area is 200 Å². The lowest BCUT2D eigenvalue weighted by Gasteiger charge is -2.12. The summed E-state index contributed by atoms with van der Waals surface area (Å²) in [5.41, 5.74) is 7.76. The summed E-state index contributed by atoms with van der Waals surface area (Å²) in [4.78, 5) is 25.5. The van der Waals surface area contributed by atoms with Gasteiger partial charge in [-0.05, 0) is 24.1 Å². The molecule has 0 fully saturated rings. The fraction of sp³-hybridized carbons (Fsp3) is 0.250. The van der Waals surface area contributed by atoms with Crippen LogP contribution < -0.4 is 16.4 Å². The Balaban J connectivity index is 1.56. The number of hydrogen-bond acceptors (Lipinski definition) is 9. The zero-order chi connectivity index (χ0) is 24.9. The second-order valence-corrected chi connectivity index (χ2v) is 8.12. The third-order valence-electron chi connectivity index (χ3n) is 5.36. The van der Waals surface area contributed by atoms with E-state index in [4.69, 9.17) is 10.3 Å². The van der Waals surface area contributed by atoms with E-state index >= 15 is 0 Å². The number of fused-ring (bicyclic) bond motifs is 1. The smallest absolute Gasteiger partial charge is 0.253 e. The Morgan fingerprint density at radius 1 is 1.29 bits per heavy atom. The van der Waals surface area contributed by atoms with E-state index in [2.05, 4.69) is 30.7 Å².